The largest absolute Gasteiger partial charge is 0.297 e. The number of hydrogen-bond donors (Lipinski definition) is 1. The summed E-state index contributed by atoms with van der Waals surface area (Å²) in [4.78, 5) is 9.37. The minimum Gasteiger partial charge on any atom is -0.297 e. The smallest absolute Gasteiger partial charge is 0.263 e. The average Bonchev–Trinajstić information content (AvgIpc) is 3.17. The molecule has 0 fully saturated rings. The fourth-order valence-electron chi connectivity index (χ4n) is 2.36. The van der Waals surface area contributed by atoms with E-state index in [1.165, 1.54) is 29.8 Å². The Morgan fingerprint density at radius 2 is 2.00 bits per heavy atom. The van der Waals surface area contributed by atoms with Crippen molar-refractivity contribution >= 4 is 32.0 Å². The molecule has 0 saturated heterocycles. The lowest BCUT2D eigenvalue weighted by Gasteiger charge is -2.11. The Bertz CT molecular complexity index is 1070. The van der Waals surface area contributed by atoms with Crippen LogP contribution in [0.1, 0.15) is 0 Å². The van der Waals surface area contributed by atoms with Gasteiger partial charge >= 0.3 is 0 Å². The standard InChI is InChI=1S/C16H12N4O2S2/c21-24(22,12-4-3-7-17-10-12)19-14-6-2-1-5-13(14)15-11-20-8-9-23-16(20)18-15/h1-11,19H. The van der Waals surface area contributed by atoms with Gasteiger partial charge in [0, 0.05) is 35.7 Å². The van der Waals surface area contributed by atoms with Gasteiger partial charge in [0.15, 0.2) is 4.96 Å². The zero-order valence-electron chi connectivity index (χ0n) is 12.3. The highest BCUT2D eigenvalue weighted by Crippen LogP contribution is 2.29. The van der Waals surface area contributed by atoms with Crippen LogP contribution in [-0.4, -0.2) is 22.8 Å². The highest BCUT2D eigenvalue weighted by molar-refractivity contribution is 7.92. The van der Waals surface area contributed by atoms with Crippen LogP contribution in [0.2, 0.25) is 0 Å². The first-order chi connectivity index (χ1) is 11.6. The molecule has 6 nitrogen and oxygen atoms in total. The fourth-order valence-corrected chi connectivity index (χ4v) is 4.11. The number of aromatic nitrogens is 3. The molecule has 3 aromatic heterocycles. The minimum atomic E-state index is -3.71. The van der Waals surface area contributed by atoms with Crippen molar-refractivity contribution in [2.45, 2.75) is 4.90 Å². The van der Waals surface area contributed by atoms with E-state index in [0.717, 1.165) is 10.5 Å². The summed E-state index contributed by atoms with van der Waals surface area (Å²) >= 11 is 1.52. The van der Waals surface area contributed by atoms with Crippen molar-refractivity contribution in [3.63, 3.8) is 0 Å². The predicted molar refractivity (Wildman–Crippen MR) is 93.6 cm³/mol. The van der Waals surface area contributed by atoms with Crippen molar-refractivity contribution in [1.82, 2.24) is 14.4 Å². The Morgan fingerprint density at radius 3 is 2.79 bits per heavy atom. The number of pyridine rings is 1. The third kappa shape index (κ3) is 2.66. The molecule has 4 rings (SSSR count). The normalized spacial score (nSPS) is 11.7. The van der Waals surface area contributed by atoms with Crippen molar-refractivity contribution in [1.29, 1.82) is 0 Å². The summed E-state index contributed by atoms with van der Waals surface area (Å²) in [7, 11) is -3.71. The molecular weight excluding hydrogens is 344 g/mol. The zero-order valence-corrected chi connectivity index (χ0v) is 14.0. The molecular formula is C16H12N4O2S2. The molecule has 3 heterocycles. The number of thiazole rings is 1. The van der Waals surface area contributed by atoms with Crippen LogP contribution in [0.15, 0.2) is 71.5 Å². The fraction of sp³-hybridized carbons (Fsp3) is 0. The number of imidazole rings is 1. The lowest BCUT2D eigenvalue weighted by molar-refractivity contribution is 0.601. The maximum Gasteiger partial charge on any atom is 0.263 e. The van der Waals surface area contributed by atoms with Gasteiger partial charge in [-0.2, -0.15) is 0 Å². The summed E-state index contributed by atoms with van der Waals surface area (Å²) in [5, 5.41) is 1.95. The number of rotatable bonds is 4. The van der Waals surface area contributed by atoms with Gasteiger partial charge in [-0.15, -0.1) is 11.3 Å². The van der Waals surface area contributed by atoms with E-state index in [1.807, 2.05) is 34.3 Å². The zero-order chi connectivity index (χ0) is 16.6. The third-order valence-electron chi connectivity index (χ3n) is 3.49. The summed E-state index contributed by atoms with van der Waals surface area (Å²) in [6.45, 7) is 0. The Hall–Kier alpha value is -2.71. The number of benzene rings is 1. The molecule has 120 valence electrons. The van der Waals surface area contributed by atoms with Crippen molar-refractivity contribution in [2.75, 3.05) is 4.72 Å². The van der Waals surface area contributed by atoms with Gasteiger partial charge in [-0.25, -0.2) is 13.4 Å². The number of anilines is 1. The van der Waals surface area contributed by atoms with E-state index in [9.17, 15) is 8.42 Å². The summed E-state index contributed by atoms with van der Waals surface area (Å²) in [5.41, 5.74) is 1.92. The molecule has 0 aliphatic carbocycles. The summed E-state index contributed by atoms with van der Waals surface area (Å²) in [5.74, 6) is 0. The Balaban J connectivity index is 1.76. The first-order valence-electron chi connectivity index (χ1n) is 7.08. The molecule has 0 bridgehead atoms. The van der Waals surface area contributed by atoms with Gasteiger partial charge in [0.1, 0.15) is 4.90 Å². The lowest BCUT2D eigenvalue weighted by Crippen LogP contribution is -2.13. The Morgan fingerprint density at radius 1 is 1.12 bits per heavy atom. The van der Waals surface area contributed by atoms with Crippen LogP contribution >= 0.6 is 11.3 Å². The van der Waals surface area contributed by atoms with Gasteiger partial charge in [-0.3, -0.25) is 14.1 Å². The quantitative estimate of drug-likeness (QED) is 0.609. The molecule has 0 atom stereocenters. The number of para-hydroxylation sites is 1. The van der Waals surface area contributed by atoms with Gasteiger partial charge in [0.05, 0.1) is 11.4 Å². The molecule has 24 heavy (non-hydrogen) atoms. The van der Waals surface area contributed by atoms with E-state index in [-0.39, 0.29) is 4.90 Å². The van der Waals surface area contributed by atoms with Crippen LogP contribution in [0.25, 0.3) is 16.2 Å². The SMILES string of the molecule is O=S(=O)(Nc1ccccc1-c1cn2ccsc2n1)c1cccnc1. The second-order valence-corrected chi connectivity index (χ2v) is 7.61. The topological polar surface area (TPSA) is 76.4 Å². The van der Waals surface area contributed by atoms with Gasteiger partial charge in [0.2, 0.25) is 0 Å². The van der Waals surface area contributed by atoms with Gasteiger partial charge in [-0.1, -0.05) is 18.2 Å². The maximum absolute atomic E-state index is 12.5. The second kappa shape index (κ2) is 5.73. The highest BCUT2D eigenvalue weighted by atomic mass is 32.2. The van der Waals surface area contributed by atoms with E-state index < -0.39 is 10.0 Å². The minimum absolute atomic E-state index is 0.116. The number of nitrogens with one attached hydrogen (secondary N) is 1. The van der Waals surface area contributed by atoms with Crippen LogP contribution in [0, 0.1) is 0 Å². The van der Waals surface area contributed by atoms with Gasteiger partial charge in [-0.05, 0) is 18.2 Å². The molecule has 0 amide bonds. The van der Waals surface area contributed by atoms with Gasteiger partial charge < -0.3 is 0 Å². The summed E-state index contributed by atoms with van der Waals surface area (Å²) in [6.07, 6.45) is 6.64. The second-order valence-electron chi connectivity index (χ2n) is 5.06. The molecule has 0 aliphatic heterocycles. The number of fused-ring (bicyclic) bond motifs is 1. The lowest BCUT2D eigenvalue weighted by atomic mass is 10.1. The van der Waals surface area contributed by atoms with Crippen molar-refractivity contribution in [3.05, 3.63) is 66.6 Å². The molecule has 1 aromatic carbocycles. The predicted octanol–water partition coefficient (Wildman–Crippen LogP) is 3.26. The first kappa shape index (κ1) is 14.9. The molecule has 4 aromatic rings. The average molecular weight is 356 g/mol. The molecule has 1 N–H and O–H groups in total. The number of sulfonamides is 1. The molecule has 0 radical (unpaired) electrons. The molecule has 0 aliphatic rings. The van der Waals surface area contributed by atoms with Gasteiger partial charge in [0.25, 0.3) is 10.0 Å². The van der Waals surface area contributed by atoms with E-state index in [1.54, 1.807) is 18.2 Å². The third-order valence-corrected chi connectivity index (χ3v) is 5.61. The van der Waals surface area contributed by atoms with Crippen LogP contribution in [0.3, 0.4) is 0 Å². The number of hydrogen-bond acceptors (Lipinski definition) is 5. The Labute approximate surface area is 142 Å². The van der Waals surface area contributed by atoms with Crippen molar-refractivity contribution in [3.8, 4) is 11.3 Å². The monoisotopic (exact) mass is 356 g/mol. The van der Waals surface area contributed by atoms with E-state index >= 15 is 0 Å². The Kier molecular flexibility index (Phi) is 3.55. The van der Waals surface area contributed by atoms with Crippen molar-refractivity contribution in [2.24, 2.45) is 0 Å². The van der Waals surface area contributed by atoms with Crippen LogP contribution < -0.4 is 4.72 Å². The summed E-state index contributed by atoms with van der Waals surface area (Å²) < 4.78 is 29.6. The van der Waals surface area contributed by atoms with Crippen molar-refractivity contribution < 1.29 is 8.42 Å². The molecule has 0 spiro atoms. The molecule has 8 heteroatoms. The number of nitrogens with zero attached hydrogens (tertiary/aromatic N) is 3. The van der Waals surface area contributed by atoms with Crippen LogP contribution in [-0.2, 0) is 10.0 Å². The molecule has 0 saturated carbocycles. The van der Waals surface area contributed by atoms with E-state index in [4.69, 9.17) is 0 Å². The highest BCUT2D eigenvalue weighted by Gasteiger charge is 2.17. The van der Waals surface area contributed by atoms with Crippen LogP contribution in [0.5, 0.6) is 0 Å². The molecule has 0 unspecified atom stereocenters. The first-order valence-corrected chi connectivity index (χ1v) is 9.44. The summed E-state index contributed by atoms with van der Waals surface area (Å²) in [6, 6.07) is 10.3. The maximum atomic E-state index is 12.5. The van der Waals surface area contributed by atoms with Crippen LogP contribution in [0.4, 0.5) is 5.69 Å². The van der Waals surface area contributed by atoms with E-state index in [0.29, 0.717) is 11.4 Å². The van der Waals surface area contributed by atoms with E-state index in [2.05, 4.69) is 14.7 Å².